The van der Waals surface area contributed by atoms with E-state index in [4.69, 9.17) is 11.5 Å². The highest BCUT2D eigenvalue weighted by atomic mass is 16.4. The topological polar surface area (TPSA) is 60.9 Å². The molecule has 0 aromatic rings. The number of hydrogen-bond donors (Lipinski definition) is 1. The lowest BCUT2D eigenvalue weighted by atomic mass is 9.95. The van der Waals surface area contributed by atoms with Gasteiger partial charge in [-0.05, 0) is 25.7 Å². The number of carboxylic acid groups (broad SMARTS) is 1. The molecule has 0 radical (unpaired) electrons. The van der Waals surface area contributed by atoms with E-state index < -0.39 is 5.97 Å². The van der Waals surface area contributed by atoms with Crippen molar-refractivity contribution in [1.82, 2.24) is 9.80 Å². The Kier molecular flexibility index (Phi) is 5.50. The number of terminal acetylenes is 1. The van der Waals surface area contributed by atoms with E-state index >= 15 is 0 Å². The van der Waals surface area contributed by atoms with Gasteiger partial charge in [0.15, 0.2) is 0 Å². The third-order valence-electron chi connectivity index (χ3n) is 3.19. The summed E-state index contributed by atoms with van der Waals surface area (Å²) in [5.74, 6) is 1.73. The molecule has 1 atom stereocenters. The van der Waals surface area contributed by atoms with Gasteiger partial charge in [0.05, 0.1) is 6.54 Å². The van der Waals surface area contributed by atoms with Crippen molar-refractivity contribution in [3.8, 4) is 12.3 Å². The average molecular weight is 252 g/mol. The highest BCUT2D eigenvalue weighted by molar-refractivity contribution is 5.75. The van der Waals surface area contributed by atoms with E-state index in [9.17, 15) is 9.59 Å². The van der Waals surface area contributed by atoms with Crippen LogP contribution in [0.25, 0.3) is 0 Å². The molecule has 0 aromatic carbocycles. The van der Waals surface area contributed by atoms with Gasteiger partial charge in [-0.3, -0.25) is 4.79 Å². The molecular formula is C13H20N2O3. The third kappa shape index (κ3) is 3.95. The highest BCUT2D eigenvalue weighted by Crippen LogP contribution is 2.20. The van der Waals surface area contributed by atoms with Crippen molar-refractivity contribution in [1.29, 1.82) is 0 Å². The Morgan fingerprint density at radius 1 is 1.56 bits per heavy atom. The summed E-state index contributed by atoms with van der Waals surface area (Å²) < 4.78 is 0. The van der Waals surface area contributed by atoms with Crippen LogP contribution >= 0.6 is 0 Å². The molecule has 5 nitrogen and oxygen atoms in total. The van der Waals surface area contributed by atoms with Gasteiger partial charge in [0, 0.05) is 26.1 Å². The largest absolute Gasteiger partial charge is 0.481 e. The molecular weight excluding hydrogens is 232 g/mol. The summed E-state index contributed by atoms with van der Waals surface area (Å²) in [5.41, 5.74) is 0. The zero-order chi connectivity index (χ0) is 13.5. The number of piperidine rings is 1. The van der Waals surface area contributed by atoms with Gasteiger partial charge in [0.25, 0.3) is 0 Å². The Balaban J connectivity index is 2.57. The molecule has 1 fully saturated rings. The Labute approximate surface area is 108 Å². The van der Waals surface area contributed by atoms with Crippen LogP contribution in [0.4, 0.5) is 4.79 Å². The minimum atomic E-state index is -0.801. The van der Waals surface area contributed by atoms with Gasteiger partial charge < -0.3 is 14.9 Å². The summed E-state index contributed by atoms with van der Waals surface area (Å²) in [5, 5.41) is 8.79. The molecule has 1 aliphatic heterocycles. The third-order valence-corrected chi connectivity index (χ3v) is 3.19. The number of carbonyl (C=O) groups is 2. The predicted molar refractivity (Wildman–Crippen MR) is 68.0 cm³/mol. The van der Waals surface area contributed by atoms with Crippen LogP contribution in [0.5, 0.6) is 0 Å². The Bertz CT molecular complexity index is 349. The lowest BCUT2D eigenvalue weighted by Crippen LogP contribution is -2.47. The van der Waals surface area contributed by atoms with Gasteiger partial charge in [0.1, 0.15) is 0 Å². The molecule has 5 heteroatoms. The second-order valence-electron chi connectivity index (χ2n) is 4.55. The highest BCUT2D eigenvalue weighted by Gasteiger charge is 2.27. The normalized spacial score (nSPS) is 19.1. The first-order valence-corrected chi connectivity index (χ1v) is 6.27. The minimum Gasteiger partial charge on any atom is -0.481 e. The first-order valence-electron chi connectivity index (χ1n) is 6.27. The molecule has 0 saturated carbocycles. The van der Waals surface area contributed by atoms with E-state index in [1.165, 1.54) is 0 Å². The van der Waals surface area contributed by atoms with Crippen LogP contribution in [0, 0.1) is 18.3 Å². The van der Waals surface area contributed by atoms with Gasteiger partial charge in [-0.25, -0.2) is 4.79 Å². The molecule has 1 rings (SSSR count). The number of urea groups is 1. The smallest absolute Gasteiger partial charge is 0.320 e. The summed E-state index contributed by atoms with van der Waals surface area (Å²) in [6, 6.07) is -0.0782. The van der Waals surface area contributed by atoms with Crippen molar-refractivity contribution < 1.29 is 14.7 Å². The summed E-state index contributed by atoms with van der Waals surface area (Å²) in [4.78, 5) is 26.2. The molecule has 0 spiro atoms. The van der Waals surface area contributed by atoms with Gasteiger partial charge in [-0.15, -0.1) is 6.42 Å². The zero-order valence-corrected chi connectivity index (χ0v) is 10.8. The van der Waals surface area contributed by atoms with Crippen LogP contribution < -0.4 is 0 Å². The van der Waals surface area contributed by atoms with Crippen molar-refractivity contribution in [3.05, 3.63) is 0 Å². The molecule has 1 aliphatic rings. The van der Waals surface area contributed by atoms with E-state index in [1.54, 1.807) is 9.80 Å². The second-order valence-corrected chi connectivity index (χ2v) is 4.55. The molecule has 0 bridgehead atoms. The number of aliphatic carboxylic acids is 1. The van der Waals surface area contributed by atoms with Crippen molar-refractivity contribution in [2.24, 2.45) is 5.92 Å². The second kappa shape index (κ2) is 6.90. The fraction of sp³-hybridized carbons (Fsp3) is 0.692. The molecule has 1 heterocycles. The van der Waals surface area contributed by atoms with E-state index in [0.717, 1.165) is 12.8 Å². The molecule has 100 valence electrons. The SMILES string of the molecule is C#CCN(CC)C(=O)N1CCCC(CC(=O)O)C1. The van der Waals surface area contributed by atoms with Crippen LogP contribution in [0.2, 0.25) is 0 Å². The number of amides is 2. The minimum absolute atomic E-state index is 0.0599. The van der Waals surface area contributed by atoms with E-state index in [-0.39, 0.29) is 18.4 Å². The summed E-state index contributed by atoms with van der Waals surface area (Å²) >= 11 is 0. The number of rotatable bonds is 4. The molecule has 2 amide bonds. The number of likely N-dealkylation sites (tertiary alicyclic amines) is 1. The van der Waals surface area contributed by atoms with Gasteiger partial charge in [-0.2, -0.15) is 0 Å². The van der Waals surface area contributed by atoms with Gasteiger partial charge in [-0.1, -0.05) is 5.92 Å². The lowest BCUT2D eigenvalue weighted by molar-refractivity contribution is -0.138. The zero-order valence-electron chi connectivity index (χ0n) is 10.8. The maximum atomic E-state index is 12.2. The monoisotopic (exact) mass is 252 g/mol. The molecule has 1 saturated heterocycles. The Morgan fingerprint density at radius 3 is 2.83 bits per heavy atom. The van der Waals surface area contributed by atoms with Crippen LogP contribution in [0.15, 0.2) is 0 Å². The van der Waals surface area contributed by atoms with Crippen LogP contribution in [-0.4, -0.2) is 53.1 Å². The molecule has 1 unspecified atom stereocenters. The number of carbonyl (C=O) groups excluding carboxylic acids is 1. The first-order chi connectivity index (χ1) is 8.58. The maximum Gasteiger partial charge on any atom is 0.320 e. The Morgan fingerprint density at radius 2 is 2.28 bits per heavy atom. The quantitative estimate of drug-likeness (QED) is 0.766. The van der Waals surface area contributed by atoms with Crippen molar-refractivity contribution >= 4 is 12.0 Å². The van der Waals surface area contributed by atoms with Gasteiger partial charge in [0.2, 0.25) is 0 Å². The van der Waals surface area contributed by atoms with Crippen molar-refractivity contribution in [2.45, 2.75) is 26.2 Å². The van der Waals surface area contributed by atoms with Crippen LogP contribution in [0.3, 0.4) is 0 Å². The fourth-order valence-electron chi connectivity index (χ4n) is 2.28. The van der Waals surface area contributed by atoms with Crippen molar-refractivity contribution in [3.63, 3.8) is 0 Å². The summed E-state index contributed by atoms with van der Waals surface area (Å²) in [6.45, 7) is 3.97. The van der Waals surface area contributed by atoms with E-state index in [1.807, 2.05) is 6.92 Å². The molecule has 0 aliphatic carbocycles. The predicted octanol–water partition coefficient (Wildman–Crippen LogP) is 1.25. The molecule has 18 heavy (non-hydrogen) atoms. The van der Waals surface area contributed by atoms with Crippen LogP contribution in [0.1, 0.15) is 26.2 Å². The summed E-state index contributed by atoms with van der Waals surface area (Å²) in [6.07, 6.45) is 7.09. The Hall–Kier alpha value is -1.70. The van der Waals surface area contributed by atoms with Gasteiger partial charge >= 0.3 is 12.0 Å². The maximum absolute atomic E-state index is 12.2. The summed E-state index contributed by atoms with van der Waals surface area (Å²) in [7, 11) is 0. The van der Waals surface area contributed by atoms with Crippen LogP contribution in [-0.2, 0) is 4.79 Å². The fourth-order valence-corrected chi connectivity index (χ4v) is 2.28. The lowest BCUT2D eigenvalue weighted by Gasteiger charge is -2.35. The molecule has 0 aromatic heterocycles. The standard InChI is InChI=1S/C13H20N2O3/c1-3-7-14(4-2)13(18)15-8-5-6-11(10-15)9-12(16)17/h1,11H,4-10H2,2H3,(H,16,17). The number of nitrogens with zero attached hydrogens (tertiary/aromatic N) is 2. The molecule has 1 N–H and O–H groups in total. The first kappa shape index (κ1) is 14.4. The van der Waals surface area contributed by atoms with E-state index in [2.05, 4.69) is 5.92 Å². The van der Waals surface area contributed by atoms with Crippen molar-refractivity contribution in [2.75, 3.05) is 26.2 Å². The average Bonchev–Trinajstić information content (AvgIpc) is 2.34. The number of carboxylic acids is 1. The number of hydrogen-bond acceptors (Lipinski definition) is 2. The van der Waals surface area contributed by atoms with E-state index in [0.29, 0.717) is 26.2 Å².